The lowest BCUT2D eigenvalue weighted by molar-refractivity contribution is -0.385. The van der Waals surface area contributed by atoms with E-state index in [9.17, 15) is 14.9 Å². The van der Waals surface area contributed by atoms with Crippen molar-refractivity contribution in [1.82, 2.24) is 4.90 Å². The van der Waals surface area contributed by atoms with E-state index in [1.54, 1.807) is 19.1 Å². The van der Waals surface area contributed by atoms with Gasteiger partial charge in [0.2, 0.25) is 0 Å². The van der Waals surface area contributed by atoms with E-state index in [0.717, 1.165) is 17.5 Å². The molecule has 1 unspecified atom stereocenters. The van der Waals surface area contributed by atoms with Crippen molar-refractivity contribution in [2.45, 2.75) is 19.4 Å². The molecule has 0 fully saturated rings. The van der Waals surface area contributed by atoms with E-state index >= 15 is 0 Å². The zero-order chi connectivity index (χ0) is 19.7. The van der Waals surface area contributed by atoms with Crippen LogP contribution in [0.2, 0.25) is 0 Å². The third kappa shape index (κ3) is 3.16. The number of benzene rings is 3. The summed E-state index contributed by atoms with van der Waals surface area (Å²) in [5.41, 5.74) is 4.43. The molecule has 0 aliphatic carbocycles. The highest BCUT2D eigenvalue weighted by molar-refractivity contribution is 5.95. The number of nitro benzene ring substituents is 1. The number of carbonyl (C=O) groups is 1. The van der Waals surface area contributed by atoms with Crippen molar-refractivity contribution >= 4 is 11.6 Å². The zero-order valence-electron chi connectivity index (χ0n) is 15.5. The van der Waals surface area contributed by atoms with E-state index in [0.29, 0.717) is 17.7 Å². The second kappa shape index (κ2) is 7.27. The minimum Gasteiger partial charge on any atom is -0.327 e. The largest absolute Gasteiger partial charge is 0.327 e. The molecule has 0 aromatic heterocycles. The zero-order valence-corrected chi connectivity index (χ0v) is 15.5. The van der Waals surface area contributed by atoms with Crippen molar-refractivity contribution in [1.29, 1.82) is 0 Å². The van der Waals surface area contributed by atoms with Crippen LogP contribution >= 0.6 is 0 Å². The molecule has 0 saturated carbocycles. The molecule has 0 bridgehead atoms. The number of nitro groups is 1. The van der Waals surface area contributed by atoms with Crippen molar-refractivity contribution in [3.63, 3.8) is 0 Å². The van der Waals surface area contributed by atoms with Gasteiger partial charge in [0.05, 0.1) is 11.0 Å². The van der Waals surface area contributed by atoms with Gasteiger partial charge in [0.25, 0.3) is 11.6 Å². The summed E-state index contributed by atoms with van der Waals surface area (Å²) in [5, 5.41) is 11.1. The number of fused-ring (bicyclic) bond motifs is 1. The maximum absolute atomic E-state index is 13.4. The lowest BCUT2D eigenvalue weighted by Crippen LogP contribution is -2.40. The summed E-state index contributed by atoms with van der Waals surface area (Å²) in [5.74, 6) is -0.110. The van der Waals surface area contributed by atoms with Crippen LogP contribution in [0, 0.1) is 17.0 Å². The fraction of sp³-hybridized carbons (Fsp3) is 0.174. The smallest absolute Gasteiger partial charge is 0.272 e. The quantitative estimate of drug-likeness (QED) is 0.495. The minimum absolute atomic E-state index is 0.0279. The Morgan fingerprint density at radius 3 is 2.46 bits per heavy atom. The van der Waals surface area contributed by atoms with Crippen LogP contribution in [0.25, 0.3) is 0 Å². The first-order valence-electron chi connectivity index (χ1n) is 9.25. The molecule has 28 heavy (non-hydrogen) atoms. The Hall–Kier alpha value is -3.47. The summed E-state index contributed by atoms with van der Waals surface area (Å²) >= 11 is 0. The van der Waals surface area contributed by atoms with Crippen LogP contribution < -0.4 is 0 Å². The van der Waals surface area contributed by atoms with Crippen LogP contribution in [0.15, 0.2) is 72.8 Å². The fourth-order valence-electron chi connectivity index (χ4n) is 3.94. The van der Waals surface area contributed by atoms with Gasteiger partial charge in [-0.25, -0.2) is 0 Å². The Morgan fingerprint density at radius 1 is 1.04 bits per heavy atom. The van der Waals surface area contributed by atoms with Crippen molar-refractivity contribution in [3.8, 4) is 0 Å². The van der Waals surface area contributed by atoms with Crippen molar-refractivity contribution in [2.75, 3.05) is 6.54 Å². The Balaban J connectivity index is 1.76. The summed E-state index contributed by atoms with van der Waals surface area (Å²) in [6.45, 7) is 2.26. The molecule has 0 radical (unpaired) electrons. The van der Waals surface area contributed by atoms with Gasteiger partial charge in [-0.1, -0.05) is 54.6 Å². The lowest BCUT2D eigenvalue weighted by Gasteiger charge is -2.38. The third-order valence-corrected chi connectivity index (χ3v) is 5.30. The van der Waals surface area contributed by atoms with E-state index in [4.69, 9.17) is 0 Å². The van der Waals surface area contributed by atoms with E-state index in [1.807, 2.05) is 47.4 Å². The number of rotatable bonds is 3. The standard InChI is InChI=1S/C23H20N2O3/c1-16-15-19(11-12-21(16)25(27)28)23(26)24-14-13-17-7-5-6-10-20(17)22(24)18-8-3-2-4-9-18/h2-12,15,22H,13-14H2,1H3. The normalized spacial score (nSPS) is 15.8. The van der Waals surface area contributed by atoms with Crippen LogP contribution in [-0.2, 0) is 6.42 Å². The summed E-state index contributed by atoms with van der Waals surface area (Å²) in [7, 11) is 0. The van der Waals surface area contributed by atoms with E-state index < -0.39 is 4.92 Å². The van der Waals surface area contributed by atoms with Gasteiger partial charge in [-0.05, 0) is 42.2 Å². The van der Waals surface area contributed by atoms with Gasteiger partial charge in [0, 0.05) is 23.7 Å². The first-order chi connectivity index (χ1) is 13.6. The van der Waals surface area contributed by atoms with Crippen molar-refractivity contribution < 1.29 is 9.72 Å². The molecule has 3 aromatic carbocycles. The number of amides is 1. The van der Waals surface area contributed by atoms with E-state index in [-0.39, 0.29) is 17.6 Å². The molecule has 3 aromatic rings. The Kier molecular flexibility index (Phi) is 4.65. The van der Waals surface area contributed by atoms with Gasteiger partial charge >= 0.3 is 0 Å². The highest BCUT2D eigenvalue weighted by Gasteiger charge is 2.32. The number of carbonyl (C=O) groups excluding carboxylic acids is 1. The first kappa shape index (κ1) is 17.9. The van der Waals surface area contributed by atoms with Gasteiger partial charge in [-0.2, -0.15) is 0 Å². The second-order valence-corrected chi connectivity index (χ2v) is 7.02. The molecule has 1 amide bonds. The van der Waals surface area contributed by atoms with Crippen molar-refractivity contribution in [2.24, 2.45) is 0 Å². The molecule has 0 spiro atoms. The van der Waals surface area contributed by atoms with Crippen LogP contribution in [-0.4, -0.2) is 22.3 Å². The summed E-state index contributed by atoms with van der Waals surface area (Å²) in [6, 6.07) is 22.6. The molecule has 1 aliphatic rings. The Morgan fingerprint density at radius 2 is 1.75 bits per heavy atom. The van der Waals surface area contributed by atoms with Gasteiger partial charge in [-0.3, -0.25) is 14.9 Å². The lowest BCUT2D eigenvalue weighted by atomic mass is 9.87. The minimum atomic E-state index is -0.423. The first-order valence-corrected chi connectivity index (χ1v) is 9.25. The predicted octanol–water partition coefficient (Wildman–Crippen LogP) is 4.69. The molecule has 0 saturated heterocycles. The van der Waals surface area contributed by atoms with Gasteiger partial charge in [0.1, 0.15) is 0 Å². The summed E-state index contributed by atoms with van der Waals surface area (Å²) in [4.78, 5) is 25.9. The Labute approximate surface area is 163 Å². The number of hydrogen-bond acceptors (Lipinski definition) is 3. The molecule has 0 N–H and O–H groups in total. The molecular weight excluding hydrogens is 352 g/mol. The maximum atomic E-state index is 13.4. The second-order valence-electron chi connectivity index (χ2n) is 7.02. The Bertz CT molecular complexity index is 1050. The predicted molar refractivity (Wildman–Crippen MR) is 107 cm³/mol. The van der Waals surface area contributed by atoms with Crippen molar-refractivity contribution in [3.05, 3.63) is 111 Å². The van der Waals surface area contributed by atoms with Crippen LogP contribution in [0.1, 0.15) is 38.7 Å². The molecular formula is C23H20N2O3. The van der Waals surface area contributed by atoms with E-state index in [2.05, 4.69) is 12.1 Å². The molecule has 1 aliphatic heterocycles. The number of hydrogen-bond donors (Lipinski definition) is 0. The van der Waals surface area contributed by atoms with Gasteiger partial charge in [0.15, 0.2) is 0 Å². The average molecular weight is 372 g/mol. The van der Waals surface area contributed by atoms with Crippen LogP contribution in [0.5, 0.6) is 0 Å². The highest BCUT2D eigenvalue weighted by Crippen LogP contribution is 2.36. The SMILES string of the molecule is Cc1cc(C(=O)N2CCc3ccccc3C2c2ccccc2)ccc1[N+](=O)[O-]. The molecule has 4 rings (SSSR count). The average Bonchev–Trinajstić information content (AvgIpc) is 2.72. The highest BCUT2D eigenvalue weighted by atomic mass is 16.6. The molecule has 140 valence electrons. The third-order valence-electron chi connectivity index (χ3n) is 5.30. The monoisotopic (exact) mass is 372 g/mol. The van der Waals surface area contributed by atoms with Crippen LogP contribution in [0.3, 0.4) is 0 Å². The summed E-state index contributed by atoms with van der Waals surface area (Å²) in [6.07, 6.45) is 0.789. The fourth-order valence-corrected chi connectivity index (χ4v) is 3.94. The van der Waals surface area contributed by atoms with Gasteiger partial charge < -0.3 is 4.90 Å². The van der Waals surface area contributed by atoms with Crippen LogP contribution in [0.4, 0.5) is 5.69 Å². The number of nitrogens with zero attached hydrogens (tertiary/aromatic N) is 2. The molecule has 5 heteroatoms. The maximum Gasteiger partial charge on any atom is 0.272 e. The number of aryl methyl sites for hydroxylation is 1. The van der Waals surface area contributed by atoms with E-state index in [1.165, 1.54) is 11.6 Å². The molecule has 1 heterocycles. The molecule has 1 atom stereocenters. The topological polar surface area (TPSA) is 63.5 Å². The van der Waals surface area contributed by atoms with Gasteiger partial charge in [-0.15, -0.1) is 0 Å². The molecule has 5 nitrogen and oxygen atoms in total. The summed E-state index contributed by atoms with van der Waals surface area (Å²) < 4.78 is 0.